The molecule has 0 saturated carbocycles. The van der Waals surface area contributed by atoms with Crippen molar-refractivity contribution < 1.29 is 0 Å². The van der Waals surface area contributed by atoms with Gasteiger partial charge in [0.25, 0.3) is 5.56 Å². The molecule has 150 valence electrons. The Kier molecular flexibility index (Phi) is 4.36. The fourth-order valence-corrected chi connectivity index (χ4v) is 4.49. The molecule has 0 radical (unpaired) electrons. The van der Waals surface area contributed by atoms with Crippen LogP contribution in [0.15, 0.2) is 58.8 Å². The number of aryl methyl sites for hydroxylation is 2. The SMILES string of the molecule is Cc1nc(NC(C)c2nn3ccc(C)c3c(=O)n2-c2ccccc2)c2ccsc2n1. The fraction of sp³-hybridized carbons (Fsp3) is 0.182. The molecule has 0 aliphatic heterocycles. The Labute approximate surface area is 176 Å². The zero-order chi connectivity index (χ0) is 20.8. The second-order valence-corrected chi connectivity index (χ2v) is 8.15. The lowest BCUT2D eigenvalue weighted by molar-refractivity contribution is 0.672. The maximum absolute atomic E-state index is 13.5. The summed E-state index contributed by atoms with van der Waals surface area (Å²) in [5, 5.41) is 11.2. The molecule has 0 saturated heterocycles. The molecule has 5 aromatic rings. The number of anilines is 1. The van der Waals surface area contributed by atoms with Crippen LogP contribution in [0.3, 0.4) is 0 Å². The molecule has 4 heterocycles. The van der Waals surface area contributed by atoms with E-state index in [4.69, 9.17) is 5.10 Å². The second kappa shape index (κ2) is 7.07. The Morgan fingerprint density at radius 2 is 1.87 bits per heavy atom. The number of benzene rings is 1. The first-order chi connectivity index (χ1) is 14.5. The molecule has 0 bridgehead atoms. The molecule has 0 spiro atoms. The summed E-state index contributed by atoms with van der Waals surface area (Å²) in [6.45, 7) is 5.78. The number of nitrogens with one attached hydrogen (secondary N) is 1. The molecule has 4 aromatic heterocycles. The summed E-state index contributed by atoms with van der Waals surface area (Å²) in [4.78, 5) is 23.5. The van der Waals surface area contributed by atoms with E-state index in [0.717, 1.165) is 27.3 Å². The molecular formula is C22H20N6OS. The zero-order valence-electron chi connectivity index (χ0n) is 16.8. The maximum atomic E-state index is 13.5. The van der Waals surface area contributed by atoms with E-state index in [1.165, 1.54) is 0 Å². The fourth-order valence-electron chi connectivity index (χ4n) is 3.68. The Morgan fingerprint density at radius 1 is 1.07 bits per heavy atom. The third-order valence-corrected chi connectivity index (χ3v) is 5.91. The molecule has 8 heteroatoms. The quantitative estimate of drug-likeness (QED) is 0.473. The summed E-state index contributed by atoms with van der Waals surface area (Å²) in [5.74, 6) is 2.04. The van der Waals surface area contributed by atoms with Crippen molar-refractivity contribution in [3.05, 3.63) is 81.6 Å². The molecule has 5 rings (SSSR count). The standard InChI is InChI=1S/C22H20N6OS/c1-13-9-11-27-18(13)22(29)28(16-7-5-4-6-8-16)20(26-27)14(2)23-19-17-10-12-30-21(17)25-15(3)24-19/h4-12,14H,1-3H3,(H,23,24,25). The first kappa shape index (κ1) is 18.5. The monoisotopic (exact) mass is 416 g/mol. The number of hydrogen-bond acceptors (Lipinski definition) is 6. The van der Waals surface area contributed by atoms with E-state index in [-0.39, 0.29) is 11.6 Å². The molecule has 1 N–H and O–H groups in total. The van der Waals surface area contributed by atoms with E-state index >= 15 is 0 Å². The van der Waals surface area contributed by atoms with Crippen molar-refractivity contribution >= 4 is 32.9 Å². The third-order valence-electron chi connectivity index (χ3n) is 5.11. The van der Waals surface area contributed by atoms with E-state index in [9.17, 15) is 4.79 Å². The van der Waals surface area contributed by atoms with Gasteiger partial charge in [0.2, 0.25) is 0 Å². The minimum absolute atomic E-state index is 0.0955. The summed E-state index contributed by atoms with van der Waals surface area (Å²) in [7, 11) is 0. The predicted octanol–water partition coefficient (Wildman–Crippen LogP) is 4.28. The number of thiophene rings is 1. The van der Waals surface area contributed by atoms with Crippen molar-refractivity contribution in [2.45, 2.75) is 26.8 Å². The minimum atomic E-state index is -0.276. The Morgan fingerprint density at radius 3 is 2.67 bits per heavy atom. The lowest BCUT2D eigenvalue weighted by Crippen LogP contribution is -2.29. The van der Waals surface area contributed by atoms with Crippen molar-refractivity contribution in [2.24, 2.45) is 0 Å². The van der Waals surface area contributed by atoms with E-state index in [2.05, 4.69) is 15.3 Å². The van der Waals surface area contributed by atoms with E-state index < -0.39 is 0 Å². The highest BCUT2D eigenvalue weighted by molar-refractivity contribution is 7.16. The lowest BCUT2D eigenvalue weighted by atomic mass is 10.2. The third kappa shape index (κ3) is 2.96. The summed E-state index contributed by atoms with van der Waals surface area (Å²) in [5.41, 5.74) is 2.16. The number of rotatable bonds is 4. The van der Waals surface area contributed by atoms with Crippen LogP contribution in [0.25, 0.3) is 21.4 Å². The smallest absolute Gasteiger partial charge is 0.282 e. The van der Waals surface area contributed by atoms with Crippen LogP contribution in [-0.2, 0) is 0 Å². The zero-order valence-corrected chi connectivity index (χ0v) is 17.6. The van der Waals surface area contributed by atoms with Gasteiger partial charge < -0.3 is 5.32 Å². The van der Waals surface area contributed by atoms with Crippen LogP contribution >= 0.6 is 11.3 Å². The van der Waals surface area contributed by atoms with Crippen LogP contribution in [0.5, 0.6) is 0 Å². The highest BCUT2D eigenvalue weighted by atomic mass is 32.1. The van der Waals surface area contributed by atoms with Gasteiger partial charge in [-0.3, -0.25) is 9.36 Å². The van der Waals surface area contributed by atoms with E-state index in [0.29, 0.717) is 17.2 Å². The van der Waals surface area contributed by atoms with Crippen molar-refractivity contribution in [3.8, 4) is 5.69 Å². The minimum Gasteiger partial charge on any atom is -0.360 e. The number of nitrogens with zero attached hydrogens (tertiary/aromatic N) is 5. The Balaban J connectivity index is 1.69. The van der Waals surface area contributed by atoms with Crippen molar-refractivity contribution in [2.75, 3.05) is 5.32 Å². The summed E-state index contributed by atoms with van der Waals surface area (Å²) in [6.07, 6.45) is 1.82. The largest absolute Gasteiger partial charge is 0.360 e. The van der Waals surface area contributed by atoms with Gasteiger partial charge in [0.1, 0.15) is 22.0 Å². The maximum Gasteiger partial charge on any atom is 0.282 e. The van der Waals surface area contributed by atoms with Crippen LogP contribution in [0.2, 0.25) is 0 Å². The summed E-state index contributed by atoms with van der Waals surface area (Å²) < 4.78 is 3.34. The summed E-state index contributed by atoms with van der Waals surface area (Å²) in [6, 6.07) is 13.2. The van der Waals surface area contributed by atoms with Crippen molar-refractivity contribution in [1.29, 1.82) is 0 Å². The molecule has 0 amide bonds. The number of hydrogen-bond donors (Lipinski definition) is 1. The van der Waals surface area contributed by atoms with Gasteiger partial charge in [0.05, 0.1) is 17.1 Å². The Bertz CT molecular complexity index is 1430. The van der Waals surface area contributed by atoms with Crippen molar-refractivity contribution in [1.82, 2.24) is 24.1 Å². The van der Waals surface area contributed by atoms with E-state index in [1.54, 1.807) is 20.4 Å². The normalized spacial score (nSPS) is 12.5. The number of fused-ring (bicyclic) bond motifs is 2. The molecule has 0 aliphatic rings. The van der Waals surface area contributed by atoms with Gasteiger partial charge in [-0.2, -0.15) is 5.10 Å². The molecule has 1 aromatic carbocycles. The van der Waals surface area contributed by atoms with Crippen LogP contribution in [0.1, 0.15) is 30.2 Å². The molecule has 7 nitrogen and oxygen atoms in total. The topological polar surface area (TPSA) is 77.1 Å². The van der Waals surface area contributed by atoms with Gasteiger partial charge in [-0.15, -0.1) is 11.3 Å². The van der Waals surface area contributed by atoms with Gasteiger partial charge in [-0.05, 0) is 56.0 Å². The molecule has 1 atom stereocenters. The average molecular weight is 417 g/mol. The summed E-state index contributed by atoms with van der Waals surface area (Å²) >= 11 is 1.58. The predicted molar refractivity (Wildman–Crippen MR) is 120 cm³/mol. The second-order valence-electron chi connectivity index (χ2n) is 7.25. The molecule has 0 aliphatic carbocycles. The number of aromatic nitrogens is 5. The average Bonchev–Trinajstić information content (AvgIpc) is 3.35. The highest BCUT2D eigenvalue weighted by Crippen LogP contribution is 2.28. The van der Waals surface area contributed by atoms with E-state index in [1.807, 2.05) is 74.8 Å². The highest BCUT2D eigenvalue weighted by Gasteiger charge is 2.20. The Hall–Kier alpha value is -3.52. The molecular weight excluding hydrogens is 396 g/mol. The molecule has 0 fully saturated rings. The first-order valence-corrected chi connectivity index (χ1v) is 10.6. The number of para-hydroxylation sites is 1. The van der Waals surface area contributed by atoms with Crippen LogP contribution in [0, 0.1) is 13.8 Å². The van der Waals surface area contributed by atoms with Crippen LogP contribution < -0.4 is 10.9 Å². The van der Waals surface area contributed by atoms with Gasteiger partial charge in [0.15, 0.2) is 5.82 Å². The lowest BCUT2D eigenvalue weighted by Gasteiger charge is -2.20. The van der Waals surface area contributed by atoms with Gasteiger partial charge in [-0.25, -0.2) is 14.5 Å². The van der Waals surface area contributed by atoms with Gasteiger partial charge in [0, 0.05) is 6.20 Å². The first-order valence-electron chi connectivity index (χ1n) is 9.67. The van der Waals surface area contributed by atoms with Gasteiger partial charge in [-0.1, -0.05) is 18.2 Å². The molecule has 1 unspecified atom stereocenters. The molecule has 30 heavy (non-hydrogen) atoms. The van der Waals surface area contributed by atoms with Crippen molar-refractivity contribution in [3.63, 3.8) is 0 Å². The van der Waals surface area contributed by atoms with Crippen LogP contribution in [0.4, 0.5) is 5.82 Å². The van der Waals surface area contributed by atoms with Crippen LogP contribution in [-0.4, -0.2) is 24.1 Å². The van der Waals surface area contributed by atoms with Gasteiger partial charge >= 0.3 is 0 Å².